The van der Waals surface area contributed by atoms with Crippen molar-refractivity contribution >= 4 is 33.7 Å². The van der Waals surface area contributed by atoms with Crippen LogP contribution >= 0.6 is 0 Å². The monoisotopic (exact) mass is 347 g/mol. The number of nitrogens with zero attached hydrogens (tertiary/aromatic N) is 2. The van der Waals surface area contributed by atoms with Gasteiger partial charge in [0.2, 0.25) is 0 Å². The molecule has 2 N–H and O–H groups in total. The lowest BCUT2D eigenvalue weighted by atomic mass is 10.2. The van der Waals surface area contributed by atoms with E-state index in [1.54, 1.807) is 36.4 Å². The average molecular weight is 347 g/mol. The third-order valence-corrected chi connectivity index (χ3v) is 3.87. The summed E-state index contributed by atoms with van der Waals surface area (Å²) in [6.45, 7) is -0.208. The Kier molecular flexibility index (Phi) is 3.81. The highest BCUT2D eigenvalue weighted by Gasteiger charge is 2.16. The molecule has 0 atom stereocenters. The van der Waals surface area contributed by atoms with Crippen molar-refractivity contribution in [1.82, 2.24) is 9.97 Å². The Morgan fingerprint density at radius 2 is 1.85 bits per heavy atom. The Labute approximate surface area is 147 Å². The molecule has 2 aromatic heterocycles. The maximum absolute atomic E-state index is 12.3. The van der Waals surface area contributed by atoms with Crippen molar-refractivity contribution in [2.45, 2.75) is 6.61 Å². The lowest BCUT2D eigenvalue weighted by Gasteiger charge is -2.06. The van der Waals surface area contributed by atoms with Gasteiger partial charge >= 0.3 is 11.6 Å². The summed E-state index contributed by atoms with van der Waals surface area (Å²) in [5.41, 5.74) is 6.02. The number of nitrogen functional groups attached to an aromatic ring is 1. The number of hydrogen-bond acceptors (Lipinski definition) is 7. The van der Waals surface area contributed by atoms with Crippen LogP contribution in [0.5, 0.6) is 0 Å². The molecule has 0 aliphatic heterocycles. The van der Waals surface area contributed by atoms with E-state index in [0.717, 1.165) is 5.39 Å². The number of carbonyl (C=O) groups excluding carboxylic acids is 1. The van der Waals surface area contributed by atoms with E-state index >= 15 is 0 Å². The molecule has 0 fully saturated rings. The second-order valence-electron chi connectivity index (χ2n) is 5.60. The molecule has 2 aromatic carbocycles. The van der Waals surface area contributed by atoms with Crippen molar-refractivity contribution in [3.63, 3.8) is 0 Å². The molecule has 0 saturated carbocycles. The largest absolute Gasteiger partial charge is 0.454 e. The average Bonchev–Trinajstić information content (AvgIpc) is 2.65. The van der Waals surface area contributed by atoms with Crippen molar-refractivity contribution in [2.24, 2.45) is 0 Å². The van der Waals surface area contributed by atoms with Gasteiger partial charge < -0.3 is 14.9 Å². The number of hydrogen-bond donors (Lipinski definition) is 1. The third kappa shape index (κ3) is 2.86. The number of nitrogens with two attached hydrogens (primary N) is 1. The maximum Gasteiger partial charge on any atom is 0.351 e. The Bertz CT molecular complexity index is 1200. The minimum absolute atomic E-state index is 0.183. The number of para-hydroxylation sites is 2. The first-order valence-electron chi connectivity index (χ1n) is 7.83. The fourth-order valence-corrected chi connectivity index (χ4v) is 2.63. The zero-order valence-corrected chi connectivity index (χ0v) is 13.5. The number of benzene rings is 2. The molecule has 128 valence electrons. The lowest BCUT2D eigenvalue weighted by molar-refractivity contribution is 0.0458. The van der Waals surface area contributed by atoms with Gasteiger partial charge in [0.15, 0.2) is 12.4 Å². The van der Waals surface area contributed by atoms with Gasteiger partial charge in [-0.1, -0.05) is 30.3 Å². The molecule has 4 aromatic rings. The highest BCUT2D eigenvalue weighted by molar-refractivity contribution is 5.93. The van der Waals surface area contributed by atoms with Crippen LogP contribution in [0, 0.1) is 0 Å². The van der Waals surface area contributed by atoms with E-state index in [0.29, 0.717) is 22.3 Å². The highest BCUT2D eigenvalue weighted by atomic mass is 16.5. The summed E-state index contributed by atoms with van der Waals surface area (Å²) in [5, 5.41) is 1.35. The number of rotatable bonds is 3. The number of ether oxygens (including phenoxy) is 1. The van der Waals surface area contributed by atoms with Gasteiger partial charge in [-0.25, -0.2) is 19.6 Å². The molecule has 0 unspecified atom stereocenters. The highest BCUT2D eigenvalue weighted by Crippen LogP contribution is 2.18. The molecule has 0 aliphatic rings. The number of esters is 1. The van der Waals surface area contributed by atoms with Crippen LogP contribution in [0.3, 0.4) is 0 Å². The van der Waals surface area contributed by atoms with Crippen LogP contribution in [0.1, 0.15) is 16.2 Å². The van der Waals surface area contributed by atoms with E-state index < -0.39 is 11.6 Å². The van der Waals surface area contributed by atoms with Crippen molar-refractivity contribution in [1.29, 1.82) is 0 Å². The molecule has 0 radical (unpaired) electrons. The zero-order valence-electron chi connectivity index (χ0n) is 13.5. The molecule has 26 heavy (non-hydrogen) atoms. The first-order chi connectivity index (χ1) is 12.6. The number of anilines is 1. The van der Waals surface area contributed by atoms with Crippen molar-refractivity contribution in [3.05, 3.63) is 76.4 Å². The standard InChI is InChI=1S/C19H13N3O4/c20-17-12-6-2-3-7-14(12)21-16(22-17)10-25-18(23)13-9-11-5-1-4-8-15(11)26-19(13)24/h1-9H,10H2,(H2,20,21,22). The Morgan fingerprint density at radius 3 is 2.73 bits per heavy atom. The molecule has 0 saturated heterocycles. The van der Waals surface area contributed by atoms with Gasteiger partial charge in [0.25, 0.3) is 0 Å². The normalized spacial score (nSPS) is 10.9. The third-order valence-electron chi connectivity index (χ3n) is 3.87. The van der Waals surface area contributed by atoms with Crippen LogP contribution in [-0.4, -0.2) is 15.9 Å². The van der Waals surface area contributed by atoms with Crippen molar-refractivity contribution < 1.29 is 13.9 Å². The molecule has 7 heteroatoms. The van der Waals surface area contributed by atoms with E-state index in [1.165, 1.54) is 6.07 Å². The smallest absolute Gasteiger partial charge is 0.351 e. The van der Waals surface area contributed by atoms with Crippen LogP contribution in [0.2, 0.25) is 0 Å². The fourth-order valence-electron chi connectivity index (χ4n) is 2.63. The van der Waals surface area contributed by atoms with Crippen LogP contribution in [0.15, 0.2) is 63.8 Å². The summed E-state index contributed by atoms with van der Waals surface area (Å²) in [6, 6.07) is 15.6. The van der Waals surface area contributed by atoms with Gasteiger partial charge in [-0.05, 0) is 24.3 Å². The topological polar surface area (TPSA) is 108 Å². The maximum atomic E-state index is 12.3. The molecule has 0 spiro atoms. The van der Waals surface area contributed by atoms with E-state index in [-0.39, 0.29) is 18.0 Å². The van der Waals surface area contributed by atoms with E-state index in [4.69, 9.17) is 14.9 Å². The second kappa shape index (κ2) is 6.29. The summed E-state index contributed by atoms with van der Waals surface area (Å²) in [5.74, 6) is -0.258. The predicted molar refractivity (Wildman–Crippen MR) is 95.6 cm³/mol. The van der Waals surface area contributed by atoms with Crippen LogP contribution in [0.4, 0.5) is 5.82 Å². The molecule has 2 heterocycles. The number of carbonyl (C=O) groups is 1. The van der Waals surface area contributed by atoms with Gasteiger partial charge in [-0.15, -0.1) is 0 Å². The first-order valence-corrected chi connectivity index (χ1v) is 7.83. The van der Waals surface area contributed by atoms with Gasteiger partial charge in [0, 0.05) is 10.8 Å². The van der Waals surface area contributed by atoms with E-state index in [2.05, 4.69) is 9.97 Å². The first kappa shape index (κ1) is 15.8. The van der Waals surface area contributed by atoms with Gasteiger partial charge in [-0.2, -0.15) is 0 Å². The van der Waals surface area contributed by atoms with E-state index in [9.17, 15) is 9.59 Å². The molecular weight excluding hydrogens is 334 g/mol. The predicted octanol–water partition coefficient (Wildman–Crippen LogP) is 2.68. The van der Waals surface area contributed by atoms with E-state index in [1.807, 2.05) is 12.1 Å². The van der Waals surface area contributed by atoms with Gasteiger partial charge in [-0.3, -0.25) is 0 Å². The number of aromatic nitrogens is 2. The number of fused-ring (bicyclic) bond motifs is 2. The molecule has 0 amide bonds. The summed E-state index contributed by atoms with van der Waals surface area (Å²) < 4.78 is 10.3. The summed E-state index contributed by atoms with van der Waals surface area (Å²) in [4.78, 5) is 32.7. The molecule has 4 rings (SSSR count). The Morgan fingerprint density at radius 1 is 1.08 bits per heavy atom. The quantitative estimate of drug-likeness (QED) is 0.448. The Balaban J connectivity index is 1.59. The van der Waals surface area contributed by atoms with Crippen LogP contribution < -0.4 is 11.4 Å². The summed E-state index contributed by atoms with van der Waals surface area (Å²) in [6.07, 6.45) is 0. The van der Waals surface area contributed by atoms with Crippen LogP contribution in [-0.2, 0) is 11.3 Å². The summed E-state index contributed by atoms with van der Waals surface area (Å²) >= 11 is 0. The summed E-state index contributed by atoms with van der Waals surface area (Å²) in [7, 11) is 0. The Hall–Kier alpha value is -3.74. The van der Waals surface area contributed by atoms with Gasteiger partial charge in [0.1, 0.15) is 17.0 Å². The fraction of sp³-hybridized carbons (Fsp3) is 0.0526. The van der Waals surface area contributed by atoms with Crippen LogP contribution in [0.25, 0.3) is 21.9 Å². The molecular formula is C19H13N3O4. The van der Waals surface area contributed by atoms with Crippen molar-refractivity contribution in [2.75, 3.05) is 5.73 Å². The second-order valence-corrected chi connectivity index (χ2v) is 5.60. The minimum Gasteiger partial charge on any atom is -0.454 e. The SMILES string of the molecule is Nc1nc(COC(=O)c2cc3ccccc3oc2=O)nc2ccccc12. The van der Waals surface area contributed by atoms with Gasteiger partial charge in [0.05, 0.1) is 5.52 Å². The minimum atomic E-state index is -0.806. The molecule has 7 nitrogen and oxygen atoms in total. The molecule has 0 bridgehead atoms. The van der Waals surface area contributed by atoms with Crippen molar-refractivity contribution in [3.8, 4) is 0 Å². The molecule has 0 aliphatic carbocycles. The lowest BCUT2D eigenvalue weighted by Crippen LogP contribution is -2.17. The zero-order chi connectivity index (χ0) is 18.1.